The predicted molar refractivity (Wildman–Crippen MR) is 86.4 cm³/mol. The van der Waals surface area contributed by atoms with E-state index >= 15 is 0 Å². The van der Waals surface area contributed by atoms with Crippen molar-refractivity contribution in [3.63, 3.8) is 0 Å². The second-order valence-electron chi connectivity index (χ2n) is 5.21. The van der Waals surface area contributed by atoms with E-state index in [0.717, 1.165) is 31.7 Å². The van der Waals surface area contributed by atoms with Crippen molar-refractivity contribution in [3.8, 4) is 5.75 Å². The van der Waals surface area contributed by atoms with E-state index in [1.165, 1.54) is 5.56 Å². The summed E-state index contributed by atoms with van der Waals surface area (Å²) in [6, 6.07) is 8.08. The maximum Gasteiger partial charge on any atom is 0.260 e. The quantitative estimate of drug-likeness (QED) is 0.736. The first-order chi connectivity index (χ1) is 10.1. The highest BCUT2D eigenvalue weighted by Crippen LogP contribution is 2.14. The molecule has 0 saturated heterocycles. The summed E-state index contributed by atoms with van der Waals surface area (Å²) in [6.45, 7) is 9.81. The van der Waals surface area contributed by atoms with Gasteiger partial charge >= 0.3 is 0 Å². The van der Waals surface area contributed by atoms with Crippen LogP contribution in [0.3, 0.4) is 0 Å². The Morgan fingerprint density at radius 3 is 2.29 bits per heavy atom. The lowest BCUT2D eigenvalue weighted by atomic mass is 10.1. The maximum atomic E-state index is 12.0. The van der Waals surface area contributed by atoms with Gasteiger partial charge in [0.2, 0.25) is 0 Å². The number of hydrogen-bond donors (Lipinski definition) is 2. The number of hydrogen-bond acceptors (Lipinski definition) is 3. The van der Waals surface area contributed by atoms with Crippen LogP contribution in [-0.4, -0.2) is 24.6 Å². The van der Waals surface area contributed by atoms with E-state index in [1.807, 2.05) is 24.3 Å². The fourth-order valence-corrected chi connectivity index (χ4v) is 2.02. The molecule has 118 valence electrons. The summed E-state index contributed by atoms with van der Waals surface area (Å²) < 4.78 is 5.69. The molecule has 0 aliphatic carbocycles. The van der Waals surface area contributed by atoms with Crippen molar-refractivity contribution in [2.45, 2.75) is 59.2 Å². The van der Waals surface area contributed by atoms with Crippen LogP contribution in [0.2, 0.25) is 0 Å². The van der Waals surface area contributed by atoms with Gasteiger partial charge in [0.05, 0.1) is 0 Å². The van der Waals surface area contributed by atoms with Crippen molar-refractivity contribution in [3.05, 3.63) is 29.8 Å². The molecule has 0 aliphatic rings. The summed E-state index contributed by atoms with van der Waals surface area (Å²) in [4.78, 5) is 12.0. The third kappa shape index (κ3) is 6.17. The summed E-state index contributed by atoms with van der Waals surface area (Å²) in [5.74, 6) is 0.669. The Bertz CT molecular complexity index is 413. The van der Waals surface area contributed by atoms with Gasteiger partial charge in [0.25, 0.3) is 5.91 Å². The second-order valence-corrected chi connectivity index (χ2v) is 5.21. The van der Waals surface area contributed by atoms with Gasteiger partial charge in [-0.25, -0.2) is 0 Å². The number of benzene rings is 1. The molecule has 4 heteroatoms. The molecule has 0 spiro atoms. The Balaban J connectivity index is 2.50. The molecule has 0 aliphatic heterocycles. The van der Waals surface area contributed by atoms with Crippen LogP contribution in [0, 0.1) is 0 Å². The molecule has 0 heterocycles. The lowest BCUT2D eigenvalue weighted by Crippen LogP contribution is -2.42. The topological polar surface area (TPSA) is 50.4 Å². The van der Waals surface area contributed by atoms with Gasteiger partial charge in [0, 0.05) is 12.6 Å². The molecule has 0 fully saturated rings. The minimum atomic E-state index is -0.481. The van der Waals surface area contributed by atoms with Gasteiger partial charge in [-0.2, -0.15) is 0 Å². The zero-order valence-electron chi connectivity index (χ0n) is 13.6. The van der Waals surface area contributed by atoms with E-state index in [4.69, 9.17) is 4.74 Å². The normalized spacial score (nSPS) is 12.2. The number of amides is 1. The second kappa shape index (κ2) is 9.40. The van der Waals surface area contributed by atoms with Crippen molar-refractivity contribution >= 4 is 5.91 Å². The molecule has 1 aromatic carbocycles. The fraction of sp³-hybridized carbons (Fsp3) is 0.588. The van der Waals surface area contributed by atoms with Gasteiger partial charge in [-0.05, 0) is 44.0 Å². The van der Waals surface area contributed by atoms with E-state index in [2.05, 4.69) is 31.4 Å². The molecule has 1 atom stereocenters. The Kier molecular flexibility index (Phi) is 7.83. The van der Waals surface area contributed by atoms with Crippen molar-refractivity contribution in [1.29, 1.82) is 0 Å². The molecular formula is C17H28N2O2. The molecule has 2 N–H and O–H groups in total. The predicted octanol–water partition coefficient (Wildman–Crippen LogP) is 2.87. The van der Waals surface area contributed by atoms with Crippen LogP contribution in [-0.2, 0) is 11.3 Å². The van der Waals surface area contributed by atoms with Crippen LogP contribution in [0.4, 0.5) is 0 Å². The van der Waals surface area contributed by atoms with Gasteiger partial charge in [-0.15, -0.1) is 0 Å². The molecular weight excluding hydrogens is 264 g/mol. The monoisotopic (exact) mass is 292 g/mol. The molecule has 1 rings (SSSR count). The summed E-state index contributed by atoms with van der Waals surface area (Å²) in [7, 11) is 0. The first-order valence-electron chi connectivity index (χ1n) is 7.87. The Hall–Kier alpha value is -1.55. The Morgan fingerprint density at radius 1 is 1.14 bits per heavy atom. The smallest absolute Gasteiger partial charge is 0.260 e. The molecule has 1 amide bonds. The number of carbonyl (C=O) groups excluding carboxylic acids is 1. The number of nitrogens with one attached hydrogen (secondary N) is 2. The highest BCUT2D eigenvalue weighted by Gasteiger charge is 2.17. The average molecular weight is 292 g/mol. The SMILES string of the molecule is CCNCc1ccc(OC(C)C(=O)NC(CC)CC)cc1. The summed E-state index contributed by atoms with van der Waals surface area (Å²) in [6.07, 6.45) is 1.40. The van der Waals surface area contributed by atoms with E-state index in [9.17, 15) is 4.79 Å². The summed E-state index contributed by atoms with van der Waals surface area (Å²) in [5.41, 5.74) is 1.21. The van der Waals surface area contributed by atoms with Gasteiger partial charge in [0.1, 0.15) is 5.75 Å². The van der Waals surface area contributed by atoms with Gasteiger partial charge in [0.15, 0.2) is 6.10 Å². The molecule has 21 heavy (non-hydrogen) atoms. The van der Waals surface area contributed by atoms with E-state index in [-0.39, 0.29) is 11.9 Å². The zero-order valence-corrected chi connectivity index (χ0v) is 13.6. The third-order valence-corrected chi connectivity index (χ3v) is 3.52. The molecule has 1 unspecified atom stereocenters. The van der Waals surface area contributed by atoms with Gasteiger partial charge in [-0.1, -0.05) is 32.9 Å². The first kappa shape index (κ1) is 17.5. The zero-order chi connectivity index (χ0) is 15.7. The molecule has 0 saturated carbocycles. The Morgan fingerprint density at radius 2 is 1.76 bits per heavy atom. The molecule has 0 aromatic heterocycles. The highest BCUT2D eigenvalue weighted by atomic mass is 16.5. The van der Waals surface area contributed by atoms with Crippen molar-refractivity contribution < 1.29 is 9.53 Å². The van der Waals surface area contributed by atoms with Crippen molar-refractivity contribution in [1.82, 2.24) is 10.6 Å². The van der Waals surface area contributed by atoms with Crippen LogP contribution in [0.25, 0.3) is 0 Å². The summed E-state index contributed by atoms with van der Waals surface area (Å²) in [5, 5.41) is 6.27. The summed E-state index contributed by atoms with van der Waals surface area (Å²) >= 11 is 0. The van der Waals surface area contributed by atoms with Crippen LogP contribution < -0.4 is 15.4 Å². The largest absolute Gasteiger partial charge is 0.481 e. The molecule has 0 radical (unpaired) electrons. The average Bonchev–Trinajstić information content (AvgIpc) is 2.51. The van der Waals surface area contributed by atoms with Crippen LogP contribution >= 0.6 is 0 Å². The standard InChI is InChI=1S/C17H28N2O2/c1-5-15(6-2)19-17(20)13(4)21-16-10-8-14(9-11-16)12-18-7-3/h8-11,13,15,18H,5-7,12H2,1-4H3,(H,19,20). The first-order valence-corrected chi connectivity index (χ1v) is 7.87. The number of ether oxygens (including phenoxy) is 1. The molecule has 4 nitrogen and oxygen atoms in total. The number of rotatable bonds is 9. The maximum absolute atomic E-state index is 12.0. The molecule has 0 bridgehead atoms. The van der Waals surface area contributed by atoms with Crippen LogP contribution in [0.1, 0.15) is 46.1 Å². The van der Waals surface area contributed by atoms with Crippen LogP contribution in [0.5, 0.6) is 5.75 Å². The minimum Gasteiger partial charge on any atom is -0.481 e. The van der Waals surface area contributed by atoms with E-state index in [0.29, 0.717) is 0 Å². The van der Waals surface area contributed by atoms with E-state index < -0.39 is 6.10 Å². The minimum absolute atomic E-state index is 0.0552. The molecule has 1 aromatic rings. The third-order valence-electron chi connectivity index (χ3n) is 3.52. The van der Waals surface area contributed by atoms with Gasteiger partial charge < -0.3 is 15.4 Å². The van der Waals surface area contributed by atoms with Crippen molar-refractivity contribution in [2.24, 2.45) is 0 Å². The number of carbonyl (C=O) groups is 1. The Labute approximate surface area is 128 Å². The van der Waals surface area contributed by atoms with Gasteiger partial charge in [-0.3, -0.25) is 4.79 Å². The lowest BCUT2D eigenvalue weighted by Gasteiger charge is -2.19. The van der Waals surface area contributed by atoms with E-state index in [1.54, 1.807) is 6.92 Å². The highest BCUT2D eigenvalue weighted by molar-refractivity contribution is 5.81. The van der Waals surface area contributed by atoms with Crippen molar-refractivity contribution in [2.75, 3.05) is 6.54 Å². The lowest BCUT2D eigenvalue weighted by molar-refractivity contribution is -0.128. The van der Waals surface area contributed by atoms with Crippen LogP contribution in [0.15, 0.2) is 24.3 Å². The fourth-order valence-electron chi connectivity index (χ4n) is 2.02.